The van der Waals surface area contributed by atoms with Crippen LogP contribution < -0.4 is 24.4 Å². The predicted molar refractivity (Wildman–Crippen MR) is 141 cm³/mol. The molecule has 0 radical (unpaired) electrons. The summed E-state index contributed by atoms with van der Waals surface area (Å²) in [5.41, 5.74) is 2.52. The lowest BCUT2D eigenvalue weighted by atomic mass is 9.92. The number of H-pyrrole nitrogens is 1. The number of methoxy groups -OCH3 is 2. The molecule has 1 aliphatic heterocycles. The number of rotatable bonds is 7. The van der Waals surface area contributed by atoms with Crippen LogP contribution in [-0.4, -0.2) is 36.3 Å². The van der Waals surface area contributed by atoms with E-state index in [1.54, 1.807) is 51.6 Å². The lowest BCUT2D eigenvalue weighted by molar-refractivity contribution is -0.138. The van der Waals surface area contributed by atoms with Crippen LogP contribution in [-0.2, 0) is 9.53 Å². The molecule has 3 heterocycles. The number of carbonyl (C=O) groups excluding carboxylic acids is 1. The van der Waals surface area contributed by atoms with Gasteiger partial charge in [0.05, 0.1) is 36.6 Å². The van der Waals surface area contributed by atoms with Gasteiger partial charge in [-0.15, -0.1) is 0 Å². The van der Waals surface area contributed by atoms with Crippen molar-refractivity contribution in [2.75, 3.05) is 20.8 Å². The highest BCUT2D eigenvalue weighted by Crippen LogP contribution is 2.40. The number of carbonyl (C=O) groups is 1. The van der Waals surface area contributed by atoms with Gasteiger partial charge in [0.25, 0.3) is 5.56 Å². The van der Waals surface area contributed by atoms with Crippen LogP contribution in [0.15, 0.2) is 82.2 Å². The summed E-state index contributed by atoms with van der Waals surface area (Å²) in [4.78, 5) is 35.8. The maximum Gasteiger partial charge on any atom is 0.338 e. The zero-order chi connectivity index (χ0) is 25.9. The van der Waals surface area contributed by atoms with Gasteiger partial charge in [-0.1, -0.05) is 41.7 Å². The molecule has 0 amide bonds. The van der Waals surface area contributed by atoms with Gasteiger partial charge in [-0.05, 0) is 43.3 Å². The minimum absolute atomic E-state index is 0.170. The third kappa shape index (κ3) is 4.49. The topological polar surface area (TPSA) is 94.9 Å². The smallest absolute Gasteiger partial charge is 0.338 e. The summed E-state index contributed by atoms with van der Waals surface area (Å²) in [5.74, 6) is 0.505. The average Bonchev–Trinajstić information content (AvgIpc) is 3.55. The first-order chi connectivity index (χ1) is 18.0. The van der Waals surface area contributed by atoms with Crippen LogP contribution in [0, 0.1) is 0 Å². The minimum atomic E-state index is -0.860. The Balaban J connectivity index is 1.89. The van der Waals surface area contributed by atoms with Gasteiger partial charge in [-0.3, -0.25) is 9.36 Å². The molecule has 0 aliphatic carbocycles. The normalized spacial score (nSPS) is 15.2. The van der Waals surface area contributed by atoms with E-state index in [-0.39, 0.29) is 17.7 Å². The quantitative estimate of drug-likeness (QED) is 0.381. The van der Waals surface area contributed by atoms with Crippen LogP contribution in [0.3, 0.4) is 0 Å². The third-order valence-electron chi connectivity index (χ3n) is 6.01. The lowest BCUT2D eigenvalue weighted by Gasteiger charge is -2.27. The van der Waals surface area contributed by atoms with Gasteiger partial charge in [0.1, 0.15) is 17.5 Å². The summed E-state index contributed by atoms with van der Waals surface area (Å²) in [6.45, 7) is 1.91. The maximum atomic E-state index is 13.9. The Labute approximate surface area is 216 Å². The summed E-state index contributed by atoms with van der Waals surface area (Å²) in [6.07, 6.45) is 3.57. The molecular formula is C28H25N3O5S. The molecule has 2 aromatic heterocycles. The first-order valence-electron chi connectivity index (χ1n) is 11.7. The van der Waals surface area contributed by atoms with Gasteiger partial charge < -0.3 is 19.2 Å². The molecule has 8 nitrogen and oxygen atoms in total. The van der Waals surface area contributed by atoms with E-state index >= 15 is 0 Å². The summed E-state index contributed by atoms with van der Waals surface area (Å²) in [7, 11) is 3.11. The fourth-order valence-electron chi connectivity index (χ4n) is 4.36. The van der Waals surface area contributed by atoms with Gasteiger partial charge in [0, 0.05) is 23.0 Å². The van der Waals surface area contributed by atoms with E-state index in [0.29, 0.717) is 32.1 Å². The molecule has 1 atom stereocenters. The van der Waals surface area contributed by atoms with E-state index in [4.69, 9.17) is 19.2 Å². The molecule has 37 heavy (non-hydrogen) atoms. The molecular weight excluding hydrogens is 490 g/mol. The fraction of sp³-hybridized carbons (Fsp3) is 0.179. The molecule has 0 saturated heterocycles. The van der Waals surface area contributed by atoms with Gasteiger partial charge in [-0.25, -0.2) is 9.79 Å². The van der Waals surface area contributed by atoms with Crippen LogP contribution in [0.2, 0.25) is 0 Å². The Morgan fingerprint density at radius 1 is 1.11 bits per heavy atom. The molecule has 1 unspecified atom stereocenters. The number of aromatic amines is 1. The highest BCUT2D eigenvalue weighted by atomic mass is 32.1. The molecule has 0 saturated carbocycles. The maximum absolute atomic E-state index is 13.9. The number of nitrogens with one attached hydrogen (secondary N) is 1. The second-order valence-corrected chi connectivity index (χ2v) is 9.17. The zero-order valence-corrected chi connectivity index (χ0v) is 21.4. The molecule has 4 aromatic rings. The lowest BCUT2D eigenvalue weighted by Crippen LogP contribution is -2.40. The van der Waals surface area contributed by atoms with E-state index in [1.165, 1.54) is 15.9 Å². The standard InChI is InChI=1S/C28H25N3O5S/c1-4-36-27(33)23-24(17-9-6-5-7-10-17)30-28-31(26(32)22(37-28)15-18-11-8-14-29-18)25(23)20-16-19(34-2)12-13-21(20)35-3/h5-16,25,29H,4H2,1-3H3. The van der Waals surface area contributed by atoms with Gasteiger partial charge in [0.15, 0.2) is 4.80 Å². The number of benzene rings is 2. The van der Waals surface area contributed by atoms with E-state index in [2.05, 4.69) is 4.98 Å². The predicted octanol–water partition coefficient (Wildman–Crippen LogP) is 3.28. The molecule has 188 valence electrons. The minimum Gasteiger partial charge on any atom is -0.497 e. The van der Waals surface area contributed by atoms with Crippen molar-refractivity contribution in [3.05, 3.63) is 109 Å². The molecule has 9 heteroatoms. The van der Waals surface area contributed by atoms with E-state index in [0.717, 1.165) is 11.3 Å². The van der Waals surface area contributed by atoms with Crippen LogP contribution in [0.1, 0.15) is 29.8 Å². The Hall–Kier alpha value is -4.37. The SMILES string of the molecule is CCOC(=O)C1=C(c2ccccc2)N=c2sc(=Cc3ccc[nH]3)c(=O)n2C1c1cc(OC)ccc1OC. The monoisotopic (exact) mass is 515 g/mol. The van der Waals surface area contributed by atoms with Crippen molar-refractivity contribution in [3.8, 4) is 11.5 Å². The Kier molecular flexibility index (Phi) is 6.78. The summed E-state index contributed by atoms with van der Waals surface area (Å²) in [5, 5.41) is 0. The van der Waals surface area contributed by atoms with Crippen molar-refractivity contribution in [1.29, 1.82) is 0 Å². The van der Waals surface area contributed by atoms with Gasteiger partial charge in [0.2, 0.25) is 0 Å². The second kappa shape index (κ2) is 10.3. The summed E-state index contributed by atoms with van der Waals surface area (Å²) in [6, 6.07) is 17.6. The van der Waals surface area contributed by atoms with Crippen molar-refractivity contribution in [2.24, 2.45) is 4.99 Å². The second-order valence-electron chi connectivity index (χ2n) is 8.16. The highest BCUT2D eigenvalue weighted by Gasteiger charge is 2.37. The largest absolute Gasteiger partial charge is 0.497 e. The van der Waals surface area contributed by atoms with Crippen LogP contribution in [0.4, 0.5) is 0 Å². The molecule has 1 aliphatic rings. The molecule has 0 fully saturated rings. The first-order valence-corrected chi connectivity index (χ1v) is 12.5. The number of nitrogens with zero attached hydrogens (tertiary/aromatic N) is 2. The number of hydrogen-bond acceptors (Lipinski definition) is 7. The molecule has 5 rings (SSSR count). The number of fused-ring (bicyclic) bond motifs is 1. The Bertz CT molecular complexity index is 1650. The number of thiazole rings is 1. The summed E-state index contributed by atoms with van der Waals surface area (Å²) >= 11 is 1.26. The van der Waals surface area contributed by atoms with Crippen LogP contribution in [0.5, 0.6) is 11.5 Å². The first kappa shape index (κ1) is 24.3. The van der Waals surface area contributed by atoms with Gasteiger partial charge in [-0.2, -0.15) is 0 Å². The van der Waals surface area contributed by atoms with Gasteiger partial charge >= 0.3 is 5.97 Å². The highest BCUT2D eigenvalue weighted by molar-refractivity contribution is 7.07. The van der Waals surface area contributed by atoms with Crippen molar-refractivity contribution in [2.45, 2.75) is 13.0 Å². The van der Waals surface area contributed by atoms with Crippen molar-refractivity contribution in [1.82, 2.24) is 9.55 Å². The molecule has 1 N–H and O–H groups in total. The van der Waals surface area contributed by atoms with Crippen LogP contribution in [0.25, 0.3) is 11.8 Å². The molecule has 0 spiro atoms. The van der Waals surface area contributed by atoms with E-state index in [1.807, 2.05) is 42.5 Å². The summed E-state index contributed by atoms with van der Waals surface area (Å²) < 4.78 is 18.7. The van der Waals surface area contributed by atoms with Crippen molar-refractivity contribution in [3.63, 3.8) is 0 Å². The molecule has 2 aromatic carbocycles. The fourth-order valence-corrected chi connectivity index (χ4v) is 5.35. The molecule has 0 bridgehead atoms. The third-order valence-corrected chi connectivity index (χ3v) is 7.00. The van der Waals surface area contributed by atoms with Crippen LogP contribution >= 0.6 is 11.3 Å². The van der Waals surface area contributed by atoms with Crippen molar-refractivity contribution < 1.29 is 19.0 Å². The Morgan fingerprint density at radius 3 is 2.59 bits per heavy atom. The average molecular weight is 516 g/mol. The zero-order valence-electron chi connectivity index (χ0n) is 20.6. The number of aromatic nitrogens is 2. The number of hydrogen-bond donors (Lipinski definition) is 1. The van der Waals surface area contributed by atoms with E-state index < -0.39 is 12.0 Å². The number of ether oxygens (including phenoxy) is 3. The van der Waals surface area contributed by atoms with E-state index in [9.17, 15) is 9.59 Å². The number of esters is 1. The Morgan fingerprint density at radius 2 is 1.92 bits per heavy atom. The van der Waals surface area contributed by atoms with Crippen molar-refractivity contribution >= 4 is 29.1 Å².